The third-order valence-electron chi connectivity index (χ3n) is 1.48. The molecule has 8 heavy (non-hydrogen) atoms. The molecule has 0 nitrogen and oxygen atoms in total. The maximum absolute atomic E-state index is 4.44. The lowest BCUT2D eigenvalue weighted by molar-refractivity contribution is 0.609. The molecule has 0 aliphatic carbocycles. The lowest BCUT2D eigenvalue weighted by Gasteiger charge is -2.25. The molecule has 0 N–H and O–H groups in total. The molecule has 0 rings (SSSR count). The van der Waals surface area contributed by atoms with Crippen molar-refractivity contribution in [2.45, 2.75) is 24.9 Å². The third kappa shape index (κ3) is 2.31. The van der Waals surface area contributed by atoms with Crippen LogP contribution in [0.4, 0.5) is 0 Å². The van der Waals surface area contributed by atoms with E-state index in [-0.39, 0.29) is 4.08 Å². The molecule has 0 bridgehead atoms. The van der Waals surface area contributed by atoms with Crippen molar-refractivity contribution in [3.05, 3.63) is 0 Å². The van der Waals surface area contributed by atoms with Gasteiger partial charge in [-0.2, -0.15) is 12.6 Å². The van der Waals surface area contributed by atoms with Gasteiger partial charge in [-0.05, 0) is 19.1 Å². The standard InChI is InChI=1S/C6H14S2/c1-5(2)6(3,7)8-4/h5,7H,1-4H3. The molecule has 0 aliphatic heterocycles. The minimum absolute atomic E-state index is 0.153. The first kappa shape index (κ1) is 8.70. The largest absolute Gasteiger partial charge is 0.162 e. The summed E-state index contributed by atoms with van der Waals surface area (Å²) < 4.78 is 0.153. The number of hydrogen-bond donors (Lipinski definition) is 1. The predicted octanol–water partition coefficient (Wildman–Crippen LogP) is 2.65. The van der Waals surface area contributed by atoms with Crippen LogP contribution in [-0.2, 0) is 0 Å². The fourth-order valence-electron chi connectivity index (χ4n) is 0.236. The van der Waals surface area contributed by atoms with Crippen LogP contribution in [0.3, 0.4) is 0 Å². The second kappa shape index (κ2) is 3.02. The van der Waals surface area contributed by atoms with Gasteiger partial charge < -0.3 is 0 Å². The maximum atomic E-state index is 4.44. The Balaban J connectivity index is 3.71. The topological polar surface area (TPSA) is 0 Å². The number of rotatable bonds is 2. The first-order valence-corrected chi connectivity index (χ1v) is 4.45. The lowest BCUT2D eigenvalue weighted by Crippen LogP contribution is -2.18. The molecule has 50 valence electrons. The van der Waals surface area contributed by atoms with Gasteiger partial charge in [0, 0.05) is 0 Å². The van der Waals surface area contributed by atoms with Crippen molar-refractivity contribution < 1.29 is 0 Å². The monoisotopic (exact) mass is 150 g/mol. The van der Waals surface area contributed by atoms with Crippen LogP contribution >= 0.6 is 24.4 Å². The highest BCUT2D eigenvalue weighted by atomic mass is 32.2. The first-order chi connectivity index (χ1) is 3.50. The van der Waals surface area contributed by atoms with E-state index in [1.807, 2.05) is 0 Å². The molecule has 0 spiro atoms. The van der Waals surface area contributed by atoms with E-state index in [0.717, 1.165) is 0 Å². The highest BCUT2D eigenvalue weighted by Crippen LogP contribution is 2.33. The van der Waals surface area contributed by atoms with Crippen LogP contribution in [0.15, 0.2) is 0 Å². The molecule has 0 fully saturated rings. The molecule has 0 aromatic carbocycles. The van der Waals surface area contributed by atoms with Gasteiger partial charge in [0.05, 0.1) is 4.08 Å². The summed E-state index contributed by atoms with van der Waals surface area (Å²) in [6.45, 7) is 6.51. The molecule has 1 atom stereocenters. The van der Waals surface area contributed by atoms with Gasteiger partial charge in [-0.25, -0.2) is 0 Å². The molecule has 2 heteroatoms. The predicted molar refractivity (Wildman–Crippen MR) is 45.7 cm³/mol. The number of thiol groups is 1. The van der Waals surface area contributed by atoms with E-state index in [2.05, 4.69) is 39.7 Å². The van der Waals surface area contributed by atoms with Gasteiger partial charge >= 0.3 is 0 Å². The van der Waals surface area contributed by atoms with Crippen molar-refractivity contribution >= 4 is 24.4 Å². The molecule has 0 aromatic rings. The van der Waals surface area contributed by atoms with Crippen molar-refractivity contribution in [3.63, 3.8) is 0 Å². The van der Waals surface area contributed by atoms with Crippen molar-refractivity contribution in [2.75, 3.05) is 6.26 Å². The Bertz CT molecular complexity index is 66.9. The summed E-state index contributed by atoms with van der Waals surface area (Å²) >= 11 is 6.24. The smallest absolute Gasteiger partial charge is 0.0573 e. The molecule has 1 unspecified atom stereocenters. The van der Waals surface area contributed by atoms with Gasteiger partial charge in [-0.3, -0.25) is 0 Å². The quantitative estimate of drug-likeness (QED) is 0.466. The molecule has 0 saturated carbocycles. The average molecular weight is 150 g/mol. The van der Waals surface area contributed by atoms with E-state index < -0.39 is 0 Å². The van der Waals surface area contributed by atoms with Crippen LogP contribution in [0.1, 0.15) is 20.8 Å². The minimum atomic E-state index is 0.153. The first-order valence-electron chi connectivity index (χ1n) is 2.78. The van der Waals surface area contributed by atoms with Gasteiger partial charge in [0.15, 0.2) is 0 Å². The second-order valence-corrected chi connectivity index (χ2v) is 4.90. The zero-order chi connectivity index (χ0) is 6.78. The van der Waals surface area contributed by atoms with E-state index in [9.17, 15) is 0 Å². The SMILES string of the molecule is CSC(C)(S)C(C)C. The lowest BCUT2D eigenvalue weighted by atomic mass is 10.1. The van der Waals surface area contributed by atoms with Gasteiger partial charge in [0.2, 0.25) is 0 Å². The van der Waals surface area contributed by atoms with Gasteiger partial charge in [-0.1, -0.05) is 13.8 Å². The summed E-state index contributed by atoms with van der Waals surface area (Å²) in [6, 6.07) is 0. The normalized spacial score (nSPS) is 18.8. The zero-order valence-corrected chi connectivity index (χ0v) is 7.64. The van der Waals surface area contributed by atoms with Crippen molar-refractivity contribution in [3.8, 4) is 0 Å². The minimum Gasteiger partial charge on any atom is -0.162 e. The van der Waals surface area contributed by atoms with Crippen molar-refractivity contribution in [2.24, 2.45) is 5.92 Å². The summed E-state index contributed by atoms with van der Waals surface area (Å²) in [4.78, 5) is 0. The molecular weight excluding hydrogens is 136 g/mol. The summed E-state index contributed by atoms with van der Waals surface area (Å²) in [5.41, 5.74) is 0. The molecule has 0 radical (unpaired) electrons. The zero-order valence-electron chi connectivity index (χ0n) is 5.93. The Morgan fingerprint density at radius 3 is 1.88 bits per heavy atom. The van der Waals surface area contributed by atoms with E-state index in [4.69, 9.17) is 0 Å². The van der Waals surface area contributed by atoms with Gasteiger partial charge in [0.1, 0.15) is 0 Å². The fourth-order valence-corrected chi connectivity index (χ4v) is 0.707. The fraction of sp³-hybridized carbons (Fsp3) is 1.00. The summed E-state index contributed by atoms with van der Waals surface area (Å²) in [7, 11) is 0. The van der Waals surface area contributed by atoms with E-state index in [0.29, 0.717) is 5.92 Å². The van der Waals surface area contributed by atoms with Crippen LogP contribution in [0.25, 0.3) is 0 Å². The molecule has 0 aliphatic rings. The van der Waals surface area contributed by atoms with Crippen LogP contribution in [0.2, 0.25) is 0 Å². The Morgan fingerprint density at radius 2 is 1.88 bits per heavy atom. The van der Waals surface area contributed by atoms with Crippen LogP contribution < -0.4 is 0 Å². The molecule has 0 aromatic heterocycles. The van der Waals surface area contributed by atoms with Crippen LogP contribution in [-0.4, -0.2) is 10.3 Å². The molecular formula is C6H14S2. The molecule has 0 amide bonds. The summed E-state index contributed by atoms with van der Waals surface area (Å²) in [5, 5.41) is 0. The highest BCUT2D eigenvalue weighted by molar-refractivity contribution is 8.11. The van der Waals surface area contributed by atoms with Gasteiger partial charge in [0.25, 0.3) is 0 Å². The average Bonchev–Trinajstić information content (AvgIpc) is 1.67. The Hall–Kier alpha value is 0.700. The van der Waals surface area contributed by atoms with E-state index in [1.54, 1.807) is 11.8 Å². The number of hydrogen-bond acceptors (Lipinski definition) is 2. The Kier molecular flexibility index (Phi) is 3.28. The van der Waals surface area contributed by atoms with Crippen LogP contribution in [0, 0.1) is 5.92 Å². The Labute approximate surface area is 61.8 Å². The third-order valence-corrected chi connectivity index (χ3v) is 3.85. The Morgan fingerprint density at radius 1 is 1.50 bits per heavy atom. The van der Waals surface area contributed by atoms with Crippen molar-refractivity contribution in [1.29, 1.82) is 0 Å². The second-order valence-electron chi connectivity index (χ2n) is 2.41. The summed E-state index contributed by atoms with van der Waals surface area (Å²) in [5.74, 6) is 0.640. The molecule has 0 heterocycles. The molecule has 0 saturated heterocycles. The highest BCUT2D eigenvalue weighted by Gasteiger charge is 2.20. The van der Waals surface area contributed by atoms with E-state index >= 15 is 0 Å². The summed E-state index contributed by atoms with van der Waals surface area (Å²) in [6.07, 6.45) is 2.09. The maximum Gasteiger partial charge on any atom is 0.0573 e. The number of thioether (sulfide) groups is 1. The van der Waals surface area contributed by atoms with Crippen molar-refractivity contribution in [1.82, 2.24) is 0 Å². The van der Waals surface area contributed by atoms with Gasteiger partial charge in [-0.15, -0.1) is 11.8 Å². The van der Waals surface area contributed by atoms with E-state index in [1.165, 1.54) is 0 Å². The van der Waals surface area contributed by atoms with Crippen LogP contribution in [0.5, 0.6) is 0 Å².